The fourth-order valence-corrected chi connectivity index (χ4v) is 1.42. The first-order chi connectivity index (χ1) is 6.15. The molecule has 0 radical (unpaired) electrons. The quantitative estimate of drug-likeness (QED) is 0.787. The van der Waals surface area contributed by atoms with Gasteiger partial charge in [-0.1, -0.05) is 13.0 Å². The Kier molecular flexibility index (Phi) is 3.02. The molecule has 0 amide bonds. The Hall–Kier alpha value is -1.36. The third kappa shape index (κ3) is 2.29. The second kappa shape index (κ2) is 4.04. The van der Waals surface area contributed by atoms with E-state index >= 15 is 0 Å². The zero-order chi connectivity index (χ0) is 9.84. The zero-order valence-electron chi connectivity index (χ0n) is 7.06. The van der Waals surface area contributed by atoms with Crippen LogP contribution in [0, 0.1) is 0 Å². The van der Waals surface area contributed by atoms with Gasteiger partial charge in [0.05, 0.1) is 5.69 Å². The van der Waals surface area contributed by atoms with E-state index in [0.717, 1.165) is 0 Å². The van der Waals surface area contributed by atoms with Crippen LogP contribution in [0.2, 0.25) is 0 Å². The lowest BCUT2D eigenvalue weighted by molar-refractivity contribution is 0.469. The van der Waals surface area contributed by atoms with Crippen LogP contribution in [0.15, 0.2) is 22.6 Å². The van der Waals surface area contributed by atoms with Crippen LogP contribution < -0.4 is 0 Å². The van der Waals surface area contributed by atoms with Crippen molar-refractivity contribution in [2.24, 2.45) is 4.36 Å². The minimum atomic E-state index is -2.47. The second-order valence-corrected chi connectivity index (χ2v) is 3.05. The molecule has 13 heavy (non-hydrogen) atoms. The summed E-state index contributed by atoms with van der Waals surface area (Å²) in [6.07, 6.45) is 0.544. The molecule has 0 fully saturated rings. The van der Waals surface area contributed by atoms with Crippen LogP contribution in [-0.2, 0) is 16.9 Å². The average Bonchev–Trinajstić information content (AvgIpc) is 2.03. The summed E-state index contributed by atoms with van der Waals surface area (Å²) in [5, 5.41) is 9.34. The van der Waals surface area contributed by atoms with Gasteiger partial charge in [0.2, 0.25) is 0 Å². The molecule has 0 heterocycles. The molecule has 0 saturated carbocycles. The Bertz CT molecular complexity index is 429. The summed E-state index contributed by atoms with van der Waals surface area (Å²) >= 11 is 0. The highest BCUT2D eigenvalue weighted by Crippen LogP contribution is 2.27. The summed E-state index contributed by atoms with van der Waals surface area (Å²) in [4.78, 5) is 0. The molecule has 0 bridgehead atoms. The van der Waals surface area contributed by atoms with E-state index in [1.165, 1.54) is 6.07 Å². The van der Waals surface area contributed by atoms with Gasteiger partial charge in [0, 0.05) is 5.56 Å². The molecule has 0 aliphatic carbocycles. The lowest BCUT2D eigenvalue weighted by Crippen LogP contribution is -1.81. The molecule has 4 nitrogen and oxygen atoms in total. The normalized spacial score (nSPS) is 9.62. The van der Waals surface area contributed by atoms with Gasteiger partial charge in [-0.3, -0.25) is 0 Å². The van der Waals surface area contributed by atoms with Crippen molar-refractivity contribution in [2.75, 3.05) is 0 Å². The standard InChI is InChI=1S/C8H9NO3S/c1-2-6-7(9-13(11)12)4-3-5-8(6)10/h3-5,10H,2H2,1H3. The minimum Gasteiger partial charge on any atom is -0.508 e. The maximum absolute atomic E-state index is 10.3. The summed E-state index contributed by atoms with van der Waals surface area (Å²) in [7, 11) is -2.47. The highest BCUT2D eigenvalue weighted by Gasteiger charge is 2.04. The first-order valence-electron chi connectivity index (χ1n) is 3.77. The van der Waals surface area contributed by atoms with E-state index in [0.29, 0.717) is 17.7 Å². The third-order valence-electron chi connectivity index (χ3n) is 1.65. The van der Waals surface area contributed by atoms with Crippen LogP contribution in [0.1, 0.15) is 12.5 Å². The van der Waals surface area contributed by atoms with Gasteiger partial charge in [-0.15, -0.1) is 4.36 Å². The van der Waals surface area contributed by atoms with Crippen LogP contribution >= 0.6 is 0 Å². The molecule has 0 unspecified atom stereocenters. The zero-order valence-corrected chi connectivity index (χ0v) is 7.87. The molecular weight excluding hydrogens is 190 g/mol. The molecule has 1 rings (SSSR count). The number of rotatable bonds is 2. The summed E-state index contributed by atoms with van der Waals surface area (Å²) in [6.45, 7) is 1.82. The molecule has 0 aromatic heterocycles. The maximum atomic E-state index is 10.3. The summed E-state index contributed by atoms with van der Waals surface area (Å²) < 4.78 is 23.9. The molecule has 70 valence electrons. The molecular formula is C8H9NO3S. The Morgan fingerprint density at radius 3 is 2.69 bits per heavy atom. The Balaban J connectivity index is 3.37. The number of phenolic OH excluding ortho intramolecular Hbond substituents is 1. The van der Waals surface area contributed by atoms with Gasteiger partial charge in [-0.05, 0) is 18.6 Å². The molecule has 0 saturated heterocycles. The molecule has 0 aliphatic rings. The summed E-state index contributed by atoms with van der Waals surface area (Å²) in [6, 6.07) is 4.61. The SMILES string of the molecule is CCc1c(O)cccc1N=S(=O)=O. The van der Waals surface area contributed by atoms with Gasteiger partial charge in [0.15, 0.2) is 0 Å². The van der Waals surface area contributed by atoms with E-state index < -0.39 is 10.5 Å². The minimum absolute atomic E-state index is 0.0780. The second-order valence-electron chi connectivity index (χ2n) is 2.44. The topological polar surface area (TPSA) is 66.7 Å². The monoisotopic (exact) mass is 199 g/mol. The smallest absolute Gasteiger partial charge is 0.316 e. The van der Waals surface area contributed by atoms with Gasteiger partial charge >= 0.3 is 10.5 Å². The van der Waals surface area contributed by atoms with Crippen LogP contribution in [0.25, 0.3) is 0 Å². The molecule has 1 N–H and O–H groups in total. The fraction of sp³-hybridized carbons (Fsp3) is 0.250. The van der Waals surface area contributed by atoms with Crippen molar-refractivity contribution in [3.63, 3.8) is 0 Å². The maximum Gasteiger partial charge on any atom is 0.316 e. The molecule has 5 heteroatoms. The van der Waals surface area contributed by atoms with Crippen molar-refractivity contribution in [3.05, 3.63) is 23.8 Å². The van der Waals surface area contributed by atoms with Gasteiger partial charge in [0.1, 0.15) is 5.75 Å². The van der Waals surface area contributed by atoms with Gasteiger partial charge < -0.3 is 5.11 Å². The first kappa shape index (κ1) is 9.73. The van der Waals surface area contributed by atoms with Crippen LogP contribution in [0.4, 0.5) is 5.69 Å². The van der Waals surface area contributed by atoms with Crippen molar-refractivity contribution in [3.8, 4) is 5.75 Å². The fourth-order valence-electron chi connectivity index (χ4n) is 1.09. The lowest BCUT2D eigenvalue weighted by Gasteiger charge is -2.02. The van der Waals surface area contributed by atoms with E-state index in [1.54, 1.807) is 12.1 Å². The van der Waals surface area contributed by atoms with E-state index in [2.05, 4.69) is 4.36 Å². The number of hydrogen-bond acceptors (Lipinski definition) is 4. The number of phenols is 1. The van der Waals surface area contributed by atoms with Gasteiger partial charge in [-0.2, -0.15) is 8.42 Å². The predicted octanol–water partition coefficient (Wildman–Crippen LogP) is 1.65. The van der Waals surface area contributed by atoms with Crippen molar-refractivity contribution >= 4 is 16.2 Å². The predicted molar refractivity (Wildman–Crippen MR) is 48.5 cm³/mol. The Labute approximate surface area is 77.5 Å². The molecule has 1 aromatic carbocycles. The van der Waals surface area contributed by atoms with Crippen molar-refractivity contribution in [1.29, 1.82) is 0 Å². The third-order valence-corrected chi connectivity index (χ3v) is 2.00. The van der Waals surface area contributed by atoms with Crippen LogP contribution in [-0.4, -0.2) is 13.5 Å². The number of nitrogens with zero attached hydrogens (tertiary/aromatic N) is 1. The van der Waals surface area contributed by atoms with Crippen LogP contribution in [0.5, 0.6) is 5.75 Å². The van der Waals surface area contributed by atoms with Crippen LogP contribution in [0.3, 0.4) is 0 Å². The first-order valence-corrected chi connectivity index (χ1v) is 4.80. The molecule has 0 atom stereocenters. The van der Waals surface area contributed by atoms with E-state index in [1.807, 2.05) is 6.92 Å². The number of hydrogen-bond donors (Lipinski definition) is 1. The largest absolute Gasteiger partial charge is 0.508 e. The number of benzene rings is 1. The lowest BCUT2D eigenvalue weighted by atomic mass is 10.1. The number of aromatic hydroxyl groups is 1. The average molecular weight is 199 g/mol. The van der Waals surface area contributed by atoms with Crippen molar-refractivity contribution in [2.45, 2.75) is 13.3 Å². The van der Waals surface area contributed by atoms with Crippen molar-refractivity contribution in [1.82, 2.24) is 0 Å². The van der Waals surface area contributed by atoms with Gasteiger partial charge in [-0.25, -0.2) is 0 Å². The molecule has 0 aliphatic heterocycles. The van der Waals surface area contributed by atoms with E-state index in [-0.39, 0.29) is 5.75 Å². The molecule has 1 aromatic rings. The highest BCUT2D eigenvalue weighted by atomic mass is 32.2. The molecule has 0 spiro atoms. The summed E-state index contributed by atoms with van der Waals surface area (Å²) in [5.41, 5.74) is 0.850. The Morgan fingerprint density at radius 2 is 2.15 bits per heavy atom. The van der Waals surface area contributed by atoms with E-state index in [9.17, 15) is 13.5 Å². The van der Waals surface area contributed by atoms with Gasteiger partial charge in [0.25, 0.3) is 0 Å². The van der Waals surface area contributed by atoms with Crippen molar-refractivity contribution < 1.29 is 13.5 Å². The summed E-state index contributed by atoms with van der Waals surface area (Å²) in [5.74, 6) is 0.0780. The highest BCUT2D eigenvalue weighted by molar-refractivity contribution is 7.61. The Morgan fingerprint density at radius 1 is 1.46 bits per heavy atom. The van der Waals surface area contributed by atoms with E-state index in [4.69, 9.17) is 0 Å².